The predicted molar refractivity (Wildman–Crippen MR) is 115 cm³/mol. The molecule has 0 saturated carbocycles. The van der Waals surface area contributed by atoms with Crippen LogP contribution in [0.1, 0.15) is 38.1 Å². The lowest BCUT2D eigenvalue weighted by atomic mass is 10.0. The van der Waals surface area contributed by atoms with E-state index in [0.29, 0.717) is 28.7 Å². The van der Waals surface area contributed by atoms with E-state index in [1.54, 1.807) is 24.3 Å². The Morgan fingerprint density at radius 3 is 2.71 bits per heavy atom. The Hall–Kier alpha value is -3.27. The Bertz CT molecular complexity index is 1080. The van der Waals surface area contributed by atoms with Gasteiger partial charge in [-0.3, -0.25) is 4.79 Å². The lowest BCUT2D eigenvalue weighted by Gasteiger charge is -2.22. The highest BCUT2D eigenvalue weighted by molar-refractivity contribution is 5.99. The van der Waals surface area contributed by atoms with Crippen molar-refractivity contribution in [3.8, 4) is 17.3 Å². The first kappa shape index (κ1) is 22.4. The van der Waals surface area contributed by atoms with Crippen LogP contribution in [0.3, 0.4) is 0 Å². The zero-order valence-electron chi connectivity index (χ0n) is 18.2. The van der Waals surface area contributed by atoms with E-state index in [0.717, 1.165) is 0 Å². The summed E-state index contributed by atoms with van der Waals surface area (Å²) in [6, 6.07) is 7.08. The molecule has 1 unspecified atom stereocenters. The largest absolute Gasteiger partial charge is 0.481 e. The van der Waals surface area contributed by atoms with E-state index in [9.17, 15) is 14.3 Å². The third-order valence-electron chi connectivity index (χ3n) is 4.56. The number of alkyl halides is 1. The van der Waals surface area contributed by atoms with E-state index in [1.165, 1.54) is 31.7 Å². The molecule has 31 heavy (non-hydrogen) atoms. The van der Waals surface area contributed by atoms with E-state index in [4.69, 9.17) is 4.74 Å². The number of methoxy groups -OCH3 is 1. The maximum absolute atomic E-state index is 14.1. The number of ether oxygens (including phenoxy) is 1. The monoisotopic (exact) mass is 430 g/mol. The molecule has 9 nitrogen and oxygen atoms in total. The smallest absolute Gasteiger partial charge is 0.256 e. The number of hydrogen-bond acceptors (Lipinski definition) is 7. The van der Waals surface area contributed by atoms with Crippen molar-refractivity contribution in [2.75, 3.05) is 19.0 Å². The van der Waals surface area contributed by atoms with Gasteiger partial charge in [0.25, 0.3) is 5.91 Å². The van der Waals surface area contributed by atoms with Crippen molar-refractivity contribution in [2.45, 2.75) is 45.5 Å². The third-order valence-corrected chi connectivity index (χ3v) is 4.56. The van der Waals surface area contributed by atoms with Crippen molar-refractivity contribution in [1.82, 2.24) is 24.9 Å². The fraction of sp³-hybridized carbons (Fsp3) is 0.429. The molecule has 0 aliphatic rings. The van der Waals surface area contributed by atoms with Crippen LogP contribution < -0.4 is 15.4 Å². The number of anilines is 1. The number of rotatable bonds is 8. The van der Waals surface area contributed by atoms with Gasteiger partial charge in [0.1, 0.15) is 23.2 Å². The van der Waals surface area contributed by atoms with E-state index >= 15 is 0 Å². The number of aromatic nitrogens is 4. The summed E-state index contributed by atoms with van der Waals surface area (Å²) in [6.07, 6.45) is -0.206. The second-order valence-electron chi connectivity index (χ2n) is 8.02. The number of fused-ring (bicyclic) bond motifs is 1. The summed E-state index contributed by atoms with van der Waals surface area (Å²) < 4.78 is 20.8. The van der Waals surface area contributed by atoms with Gasteiger partial charge in [-0.05, 0) is 33.8 Å². The highest BCUT2D eigenvalue weighted by Gasteiger charge is 2.27. The minimum Gasteiger partial charge on any atom is -0.481 e. The Morgan fingerprint density at radius 1 is 1.32 bits per heavy atom. The number of pyridine rings is 1. The molecular weight excluding hydrogens is 403 g/mol. The van der Waals surface area contributed by atoms with Gasteiger partial charge in [0.05, 0.1) is 24.9 Å². The molecule has 0 aromatic carbocycles. The molecule has 0 bridgehead atoms. The number of aliphatic hydroxyl groups is 1. The first-order chi connectivity index (χ1) is 14.6. The van der Waals surface area contributed by atoms with Crippen LogP contribution in [0, 0.1) is 0 Å². The quantitative estimate of drug-likeness (QED) is 0.503. The topological polar surface area (TPSA) is 114 Å². The maximum atomic E-state index is 14.1. The molecule has 166 valence electrons. The number of hydrogen-bond donors (Lipinski definition) is 3. The average Bonchev–Trinajstić information content (AvgIpc) is 3.16. The van der Waals surface area contributed by atoms with Crippen molar-refractivity contribution >= 4 is 17.4 Å². The van der Waals surface area contributed by atoms with Gasteiger partial charge in [-0.15, -0.1) is 0 Å². The summed E-state index contributed by atoms with van der Waals surface area (Å²) in [5.74, 6) is 0.349. The molecular formula is C21H27FN6O3. The number of carbonyl (C=O) groups excluding carboxylic acids is 1. The highest BCUT2D eigenvalue weighted by Crippen LogP contribution is 2.24. The highest BCUT2D eigenvalue weighted by atomic mass is 19.1. The Kier molecular flexibility index (Phi) is 6.40. The lowest BCUT2D eigenvalue weighted by molar-refractivity contribution is -0.00177. The summed E-state index contributed by atoms with van der Waals surface area (Å²) in [4.78, 5) is 21.5. The van der Waals surface area contributed by atoms with Gasteiger partial charge in [0.15, 0.2) is 5.65 Å². The maximum Gasteiger partial charge on any atom is 0.256 e. The summed E-state index contributed by atoms with van der Waals surface area (Å²) in [5, 5.41) is 20.0. The predicted octanol–water partition coefficient (Wildman–Crippen LogP) is 2.46. The standard InChI is InChI=1S/C21H27FN6O3/c1-12(2)25-19-13(20(29)24-11-16(22)21(3,4)30)10-23-17-9-15(27-28(17)19)14-7-6-8-18(26-14)31-5/h6-10,12,16,25,30H,11H2,1-5H3,(H,24,29). The Balaban J connectivity index is 1.99. The van der Waals surface area contributed by atoms with Crippen LogP contribution in [-0.4, -0.2) is 62.1 Å². The molecule has 0 radical (unpaired) electrons. The third kappa shape index (κ3) is 5.08. The fourth-order valence-electron chi connectivity index (χ4n) is 2.84. The minimum atomic E-state index is -1.62. The van der Waals surface area contributed by atoms with Gasteiger partial charge < -0.3 is 20.5 Å². The van der Waals surface area contributed by atoms with Gasteiger partial charge in [-0.2, -0.15) is 9.61 Å². The Morgan fingerprint density at radius 2 is 2.06 bits per heavy atom. The zero-order chi connectivity index (χ0) is 22.8. The molecule has 0 aliphatic heterocycles. The van der Waals surface area contributed by atoms with Crippen molar-refractivity contribution in [3.05, 3.63) is 36.0 Å². The van der Waals surface area contributed by atoms with Crippen LogP contribution in [0.25, 0.3) is 17.0 Å². The van der Waals surface area contributed by atoms with Crippen LogP contribution in [0.2, 0.25) is 0 Å². The van der Waals surface area contributed by atoms with Gasteiger partial charge in [-0.25, -0.2) is 14.4 Å². The van der Waals surface area contributed by atoms with Gasteiger partial charge in [-0.1, -0.05) is 6.07 Å². The van der Waals surface area contributed by atoms with E-state index < -0.39 is 17.7 Å². The van der Waals surface area contributed by atoms with E-state index in [-0.39, 0.29) is 18.2 Å². The normalized spacial score (nSPS) is 12.8. The van der Waals surface area contributed by atoms with E-state index in [1.807, 2.05) is 13.8 Å². The van der Waals surface area contributed by atoms with Gasteiger partial charge in [0.2, 0.25) is 5.88 Å². The molecule has 3 rings (SSSR count). The zero-order valence-corrected chi connectivity index (χ0v) is 18.2. The molecule has 3 heterocycles. The molecule has 0 spiro atoms. The average molecular weight is 430 g/mol. The summed E-state index contributed by atoms with van der Waals surface area (Å²) in [6.45, 7) is 6.21. The second kappa shape index (κ2) is 8.84. The van der Waals surface area contributed by atoms with Crippen LogP contribution >= 0.6 is 0 Å². The van der Waals surface area contributed by atoms with Crippen LogP contribution in [0.15, 0.2) is 30.5 Å². The van der Waals surface area contributed by atoms with E-state index in [2.05, 4.69) is 25.7 Å². The number of halogens is 1. The van der Waals surface area contributed by atoms with Gasteiger partial charge in [0, 0.05) is 24.4 Å². The molecule has 10 heteroatoms. The van der Waals surface area contributed by atoms with Crippen LogP contribution in [-0.2, 0) is 0 Å². The van der Waals surface area contributed by atoms with Gasteiger partial charge >= 0.3 is 0 Å². The molecule has 1 amide bonds. The van der Waals surface area contributed by atoms with Crippen molar-refractivity contribution in [1.29, 1.82) is 0 Å². The van der Waals surface area contributed by atoms with Crippen molar-refractivity contribution in [3.63, 3.8) is 0 Å². The number of nitrogens with zero attached hydrogens (tertiary/aromatic N) is 4. The SMILES string of the molecule is COc1cccc(-c2cc3ncc(C(=O)NCC(F)C(C)(C)O)c(NC(C)C)n3n2)n1. The Labute approximate surface area is 179 Å². The second-order valence-corrected chi connectivity index (χ2v) is 8.02. The summed E-state index contributed by atoms with van der Waals surface area (Å²) in [7, 11) is 1.53. The van der Waals surface area contributed by atoms with Crippen LogP contribution in [0.4, 0.5) is 10.2 Å². The summed E-state index contributed by atoms with van der Waals surface area (Å²) in [5.41, 5.74) is 0.310. The molecule has 0 saturated heterocycles. The lowest BCUT2D eigenvalue weighted by Crippen LogP contribution is -2.42. The number of nitrogens with one attached hydrogen (secondary N) is 2. The molecule has 0 aliphatic carbocycles. The van der Waals surface area contributed by atoms with Crippen molar-refractivity contribution < 1.29 is 19.0 Å². The fourth-order valence-corrected chi connectivity index (χ4v) is 2.84. The molecule has 0 fully saturated rings. The minimum absolute atomic E-state index is 0.00922. The summed E-state index contributed by atoms with van der Waals surface area (Å²) >= 11 is 0. The number of amides is 1. The first-order valence-corrected chi connectivity index (χ1v) is 9.91. The number of carbonyl (C=O) groups is 1. The molecule has 3 N–H and O–H groups in total. The van der Waals surface area contributed by atoms with Crippen LogP contribution in [0.5, 0.6) is 5.88 Å². The molecule has 3 aromatic heterocycles. The van der Waals surface area contributed by atoms with Crippen molar-refractivity contribution in [2.24, 2.45) is 0 Å². The molecule has 1 atom stereocenters. The first-order valence-electron chi connectivity index (χ1n) is 9.91. The molecule has 3 aromatic rings.